The minimum absolute atomic E-state index is 0.362. The molecule has 88 valence electrons. The lowest BCUT2D eigenvalue weighted by molar-refractivity contribution is 0.178. The third-order valence-corrected chi connectivity index (χ3v) is 2.70. The second-order valence-electron chi connectivity index (χ2n) is 3.71. The molecule has 0 aromatic carbocycles. The van der Waals surface area contributed by atoms with Gasteiger partial charge < -0.3 is 10.8 Å². The molecule has 0 aliphatic rings. The van der Waals surface area contributed by atoms with E-state index in [4.69, 9.17) is 17.3 Å². The first kappa shape index (κ1) is 11.8. The Labute approximate surface area is 104 Å². The molecule has 0 spiro atoms. The summed E-state index contributed by atoms with van der Waals surface area (Å²) in [7, 11) is 0. The van der Waals surface area contributed by atoms with Crippen LogP contribution in [0.5, 0.6) is 0 Å². The van der Waals surface area contributed by atoms with Crippen molar-refractivity contribution in [3.05, 3.63) is 53.1 Å². The van der Waals surface area contributed by atoms with Crippen molar-refractivity contribution >= 4 is 17.3 Å². The molecule has 0 amide bonds. The van der Waals surface area contributed by atoms with Gasteiger partial charge in [0.1, 0.15) is 5.15 Å². The first-order chi connectivity index (χ1) is 8.16. The minimum Gasteiger partial charge on any atom is -0.398 e. The number of anilines is 1. The van der Waals surface area contributed by atoms with Gasteiger partial charge in [0.25, 0.3) is 0 Å². The molecule has 1 unspecified atom stereocenters. The molecule has 1 atom stereocenters. The highest BCUT2D eigenvalue weighted by Crippen LogP contribution is 2.22. The molecule has 0 fully saturated rings. The van der Waals surface area contributed by atoms with Gasteiger partial charge >= 0.3 is 0 Å². The summed E-state index contributed by atoms with van der Waals surface area (Å²) in [4.78, 5) is 7.84. The summed E-state index contributed by atoms with van der Waals surface area (Å²) in [6.07, 6.45) is 4.57. The number of rotatable bonds is 3. The van der Waals surface area contributed by atoms with Crippen LogP contribution >= 0.6 is 11.6 Å². The Morgan fingerprint density at radius 3 is 2.88 bits per heavy atom. The van der Waals surface area contributed by atoms with Crippen LogP contribution in [-0.2, 0) is 6.42 Å². The lowest BCUT2D eigenvalue weighted by atomic mass is 10.0. The van der Waals surface area contributed by atoms with Crippen LogP contribution in [0.25, 0.3) is 0 Å². The number of hydrogen-bond donors (Lipinski definition) is 2. The van der Waals surface area contributed by atoms with Gasteiger partial charge in [-0.2, -0.15) is 0 Å². The van der Waals surface area contributed by atoms with E-state index in [0.29, 0.717) is 22.8 Å². The Morgan fingerprint density at radius 1 is 1.35 bits per heavy atom. The summed E-state index contributed by atoms with van der Waals surface area (Å²) in [5.41, 5.74) is 7.94. The molecule has 0 bridgehead atoms. The Kier molecular flexibility index (Phi) is 3.56. The summed E-state index contributed by atoms with van der Waals surface area (Å²) >= 11 is 5.76. The van der Waals surface area contributed by atoms with Crippen molar-refractivity contribution in [2.45, 2.75) is 12.5 Å². The van der Waals surface area contributed by atoms with Crippen molar-refractivity contribution in [3.8, 4) is 0 Å². The summed E-state index contributed by atoms with van der Waals surface area (Å²) < 4.78 is 0. The second kappa shape index (κ2) is 5.12. The van der Waals surface area contributed by atoms with Crippen molar-refractivity contribution in [3.63, 3.8) is 0 Å². The van der Waals surface area contributed by atoms with Crippen LogP contribution in [-0.4, -0.2) is 15.1 Å². The van der Waals surface area contributed by atoms with Crippen LogP contribution in [0.15, 0.2) is 36.8 Å². The molecule has 0 aliphatic heterocycles. The van der Waals surface area contributed by atoms with Gasteiger partial charge in [-0.3, -0.25) is 4.98 Å². The molecule has 3 N–H and O–H groups in total. The molecule has 0 radical (unpaired) electrons. The second-order valence-corrected chi connectivity index (χ2v) is 4.09. The number of pyridine rings is 2. The van der Waals surface area contributed by atoms with E-state index in [-0.39, 0.29) is 0 Å². The summed E-state index contributed by atoms with van der Waals surface area (Å²) in [6.45, 7) is 0. The zero-order chi connectivity index (χ0) is 12.3. The highest BCUT2D eigenvalue weighted by molar-refractivity contribution is 6.29. The predicted octanol–water partition coefficient (Wildman–Crippen LogP) is 1.99. The Balaban J connectivity index is 2.17. The Hall–Kier alpha value is -1.65. The fraction of sp³-hybridized carbons (Fsp3) is 0.167. The zero-order valence-electron chi connectivity index (χ0n) is 9.05. The van der Waals surface area contributed by atoms with Gasteiger partial charge in [-0.25, -0.2) is 4.98 Å². The van der Waals surface area contributed by atoms with E-state index in [1.807, 2.05) is 0 Å². The third-order valence-electron chi connectivity index (χ3n) is 2.49. The smallest absolute Gasteiger partial charge is 0.129 e. The molecule has 2 aromatic rings. The first-order valence-corrected chi connectivity index (χ1v) is 5.52. The van der Waals surface area contributed by atoms with Crippen LogP contribution in [0.2, 0.25) is 5.15 Å². The Bertz CT molecular complexity index is 519. The molecule has 2 heterocycles. The van der Waals surface area contributed by atoms with E-state index in [1.54, 1.807) is 36.8 Å². The third kappa shape index (κ3) is 2.93. The van der Waals surface area contributed by atoms with Gasteiger partial charge in [0, 0.05) is 30.7 Å². The van der Waals surface area contributed by atoms with Crippen molar-refractivity contribution in [2.24, 2.45) is 0 Å². The van der Waals surface area contributed by atoms with Gasteiger partial charge in [0.05, 0.1) is 6.10 Å². The number of nitrogens with zero attached hydrogens (tertiary/aromatic N) is 2. The molecule has 17 heavy (non-hydrogen) atoms. The van der Waals surface area contributed by atoms with Crippen molar-refractivity contribution in [1.29, 1.82) is 0 Å². The van der Waals surface area contributed by atoms with Gasteiger partial charge in [0.15, 0.2) is 0 Å². The summed E-state index contributed by atoms with van der Waals surface area (Å²) in [5.74, 6) is 0. The maximum Gasteiger partial charge on any atom is 0.129 e. The van der Waals surface area contributed by atoms with Gasteiger partial charge in [-0.15, -0.1) is 0 Å². The number of halogens is 1. The molecule has 2 aromatic heterocycles. The van der Waals surface area contributed by atoms with Crippen LogP contribution in [0.4, 0.5) is 5.69 Å². The molecule has 0 saturated heterocycles. The van der Waals surface area contributed by atoms with Crippen molar-refractivity contribution < 1.29 is 5.11 Å². The average Bonchev–Trinajstić information content (AvgIpc) is 2.32. The van der Waals surface area contributed by atoms with Gasteiger partial charge in [-0.05, 0) is 29.3 Å². The fourth-order valence-corrected chi connectivity index (χ4v) is 1.74. The zero-order valence-corrected chi connectivity index (χ0v) is 9.80. The summed E-state index contributed by atoms with van der Waals surface area (Å²) in [6, 6.07) is 5.07. The van der Waals surface area contributed by atoms with Crippen LogP contribution in [0, 0.1) is 0 Å². The minimum atomic E-state index is -0.665. The summed E-state index contributed by atoms with van der Waals surface area (Å²) in [5, 5.41) is 10.4. The highest BCUT2D eigenvalue weighted by atomic mass is 35.5. The number of aliphatic hydroxyl groups excluding tert-OH is 1. The molecule has 0 aliphatic carbocycles. The van der Waals surface area contributed by atoms with Gasteiger partial charge in [0.2, 0.25) is 0 Å². The maximum atomic E-state index is 10.1. The maximum absolute atomic E-state index is 10.1. The van der Waals surface area contributed by atoms with E-state index >= 15 is 0 Å². The van der Waals surface area contributed by atoms with Gasteiger partial charge in [-0.1, -0.05) is 11.6 Å². The number of aliphatic hydroxyl groups is 1. The average molecular weight is 250 g/mol. The van der Waals surface area contributed by atoms with E-state index < -0.39 is 6.10 Å². The van der Waals surface area contributed by atoms with E-state index in [2.05, 4.69) is 9.97 Å². The van der Waals surface area contributed by atoms with Crippen LogP contribution in [0.3, 0.4) is 0 Å². The molecular formula is C12H12ClN3O. The molecule has 4 nitrogen and oxygen atoms in total. The monoisotopic (exact) mass is 249 g/mol. The number of aromatic nitrogens is 2. The number of nitrogens with two attached hydrogens (primary N) is 1. The van der Waals surface area contributed by atoms with E-state index in [0.717, 1.165) is 5.56 Å². The van der Waals surface area contributed by atoms with E-state index in [9.17, 15) is 5.11 Å². The molecule has 2 rings (SSSR count). The number of hydrogen-bond acceptors (Lipinski definition) is 4. The molecular weight excluding hydrogens is 238 g/mol. The SMILES string of the molecule is Nc1ccncc1CC(O)c1ccnc(Cl)c1. The molecule has 5 heteroatoms. The van der Waals surface area contributed by atoms with E-state index in [1.165, 1.54) is 0 Å². The lowest BCUT2D eigenvalue weighted by Crippen LogP contribution is -2.05. The first-order valence-electron chi connectivity index (χ1n) is 5.14. The largest absolute Gasteiger partial charge is 0.398 e. The molecule has 0 saturated carbocycles. The topological polar surface area (TPSA) is 72.0 Å². The normalized spacial score (nSPS) is 12.4. The van der Waals surface area contributed by atoms with Crippen molar-refractivity contribution in [1.82, 2.24) is 9.97 Å². The Morgan fingerprint density at radius 2 is 2.18 bits per heavy atom. The lowest BCUT2D eigenvalue weighted by Gasteiger charge is -2.12. The number of nitrogen functional groups attached to an aromatic ring is 1. The van der Waals surface area contributed by atoms with Crippen LogP contribution < -0.4 is 5.73 Å². The fourth-order valence-electron chi connectivity index (χ4n) is 1.56. The predicted molar refractivity (Wildman–Crippen MR) is 66.6 cm³/mol. The standard InChI is InChI=1S/C12H12ClN3O/c13-12-6-8(1-4-16-12)11(17)5-9-7-15-3-2-10(9)14/h1-4,6-7,11,17H,5H2,(H2,14,15). The van der Waals surface area contributed by atoms with Crippen molar-refractivity contribution in [2.75, 3.05) is 5.73 Å². The quantitative estimate of drug-likeness (QED) is 0.816. The van der Waals surface area contributed by atoms with Crippen LogP contribution in [0.1, 0.15) is 17.2 Å². The highest BCUT2D eigenvalue weighted by Gasteiger charge is 2.11.